The van der Waals surface area contributed by atoms with E-state index in [1.54, 1.807) is 28.9 Å². The normalized spacial score (nSPS) is 12.0. The van der Waals surface area contributed by atoms with Crippen LogP contribution >= 0.6 is 0 Å². The molecule has 0 fully saturated rings. The van der Waals surface area contributed by atoms with E-state index in [1.165, 1.54) is 19.9 Å². The second-order valence-electron chi connectivity index (χ2n) is 9.02. The molecule has 0 unspecified atom stereocenters. The van der Waals surface area contributed by atoms with Gasteiger partial charge in [0.2, 0.25) is 0 Å². The number of alkyl halides is 3. The number of rotatable bonds is 7. The zero-order valence-electron chi connectivity index (χ0n) is 19.7. The summed E-state index contributed by atoms with van der Waals surface area (Å²) in [4.78, 5) is 12.6. The fourth-order valence-corrected chi connectivity index (χ4v) is 3.55. The number of carbonyl (C=O) groups excluding carboxylic acids is 1. The summed E-state index contributed by atoms with van der Waals surface area (Å²) in [6, 6.07) is 9.97. The summed E-state index contributed by atoms with van der Waals surface area (Å²) in [5.41, 5.74) is 6.61. The fourth-order valence-electron chi connectivity index (χ4n) is 3.55. The van der Waals surface area contributed by atoms with Crippen LogP contribution in [0.25, 0.3) is 16.8 Å². The molecule has 3 rings (SSSR count). The van der Waals surface area contributed by atoms with Crippen molar-refractivity contribution in [2.24, 2.45) is 0 Å². The molecule has 1 aromatic carbocycles. The van der Waals surface area contributed by atoms with Gasteiger partial charge in [0.15, 0.2) is 5.82 Å². The summed E-state index contributed by atoms with van der Waals surface area (Å²) in [6.07, 6.45) is -5.48. The lowest BCUT2D eigenvalue weighted by molar-refractivity contribution is -0.147. The Labute approximate surface area is 200 Å². The van der Waals surface area contributed by atoms with Crippen molar-refractivity contribution in [2.45, 2.75) is 51.7 Å². The van der Waals surface area contributed by atoms with E-state index in [0.29, 0.717) is 16.8 Å². The number of aromatic nitrogens is 3. The molecule has 0 aliphatic carbocycles. The molecule has 0 radical (unpaired) electrons. The third-order valence-electron chi connectivity index (χ3n) is 5.39. The number of anilines is 2. The number of carbonyl (C=O) groups is 1. The van der Waals surface area contributed by atoms with E-state index < -0.39 is 23.9 Å². The summed E-state index contributed by atoms with van der Waals surface area (Å²) >= 11 is 0. The molecule has 2 heterocycles. The first kappa shape index (κ1) is 25.6. The lowest BCUT2D eigenvalue weighted by Crippen LogP contribution is -2.25. The molecule has 0 saturated heterocycles. The van der Waals surface area contributed by atoms with E-state index in [1.807, 2.05) is 13.8 Å². The highest BCUT2D eigenvalue weighted by molar-refractivity contribution is 6.24. The van der Waals surface area contributed by atoms with Crippen LogP contribution in [0.15, 0.2) is 41.4 Å². The lowest BCUT2D eigenvalue weighted by atomic mass is 9.86. The van der Waals surface area contributed by atoms with Crippen LogP contribution in [-0.2, 0) is 10.2 Å². The number of hydrogen-bond donors (Lipinski definition) is 2. The van der Waals surface area contributed by atoms with Crippen molar-refractivity contribution in [1.82, 2.24) is 14.9 Å². The predicted octanol–water partition coefficient (Wildman–Crippen LogP) is 5.45. The molecule has 0 aliphatic heterocycles. The van der Waals surface area contributed by atoms with Gasteiger partial charge in [-0.1, -0.05) is 49.8 Å². The zero-order chi connectivity index (χ0) is 26.1. The van der Waals surface area contributed by atoms with Crippen LogP contribution in [0.4, 0.5) is 24.8 Å². The Morgan fingerprint density at radius 1 is 1.29 bits per heavy atom. The number of nitrogens with two attached hydrogens (primary N) is 1. The molecule has 0 saturated carbocycles. The highest BCUT2D eigenvalue weighted by Gasteiger charge is 2.40. The van der Waals surface area contributed by atoms with Crippen LogP contribution in [0.5, 0.6) is 0 Å². The fraction of sp³-hybridized carbons (Fsp3) is 0.333. The van der Waals surface area contributed by atoms with Gasteiger partial charge < -0.3 is 15.6 Å². The number of amides is 1. The maximum absolute atomic E-state index is 12.8. The second-order valence-corrected chi connectivity index (χ2v) is 9.02. The van der Waals surface area contributed by atoms with Gasteiger partial charge >= 0.3 is 6.18 Å². The third kappa shape index (κ3) is 5.54. The van der Waals surface area contributed by atoms with Gasteiger partial charge in [0.25, 0.3) is 5.91 Å². The number of nitrogens with one attached hydrogen (secondary N) is 1. The first-order valence-corrected chi connectivity index (χ1v) is 10.7. The minimum Gasteiger partial charge on any atom is -0.383 e. The highest BCUT2D eigenvalue weighted by Crippen LogP contribution is 2.37. The first-order chi connectivity index (χ1) is 16.2. The summed E-state index contributed by atoms with van der Waals surface area (Å²) < 4.78 is 45.0. The average molecular weight is 486 g/mol. The van der Waals surface area contributed by atoms with Crippen molar-refractivity contribution >= 4 is 23.1 Å². The Kier molecular flexibility index (Phi) is 6.78. The van der Waals surface area contributed by atoms with Crippen LogP contribution in [-0.4, -0.2) is 27.0 Å². The molecule has 1 amide bonds. The van der Waals surface area contributed by atoms with E-state index in [4.69, 9.17) is 10.3 Å². The van der Waals surface area contributed by atoms with Crippen LogP contribution in [0, 0.1) is 11.3 Å². The molecule has 3 N–H and O–H groups in total. The average Bonchev–Trinajstić information content (AvgIpc) is 3.36. The van der Waals surface area contributed by atoms with Crippen molar-refractivity contribution in [3.63, 3.8) is 0 Å². The van der Waals surface area contributed by atoms with E-state index in [-0.39, 0.29) is 34.6 Å². The first-order valence-electron chi connectivity index (χ1n) is 10.7. The molecule has 0 aliphatic rings. The number of hydrogen-bond acceptors (Lipinski definition) is 6. The zero-order valence-corrected chi connectivity index (χ0v) is 19.7. The van der Waals surface area contributed by atoms with E-state index in [2.05, 4.69) is 28.2 Å². The molecule has 11 heteroatoms. The quantitative estimate of drug-likeness (QED) is 0.428. The molecule has 184 valence electrons. The standard InChI is InChI=1S/C24H25F3N6O2/c1-13(2)33-21(29)17(11-28)20(31-33)16-8-6-15(7-9-16)14(3)22(34)30-19-10-18(35-32-19)23(4,5)12-24(25,26)27/h6-10,13H,3,12,29H2,1-2,4-5H3,(H,30,32,34). The van der Waals surface area contributed by atoms with Gasteiger partial charge in [0, 0.05) is 28.7 Å². The molecule has 0 spiro atoms. The van der Waals surface area contributed by atoms with Crippen LogP contribution in [0.1, 0.15) is 57.0 Å². The highest BCUT2D eigenvalue weighted by atomic mass is 19.4. The van der Waals surface area contributed by atoms with E-state index >= 15 is 0 Å². The topological polar surface area (TPSA) is 123 Å². The Balaban J connectivity index is 1.75. The molecule has 3 aromatic rings. The Bertz CT molecular complexity index is 1290. The Morgan fingerprint density at radius 2 is 1.91 bits per heavy atom. The molecule has 35 heavy (non-hydrogen) atoms. The number of nitriles is 1. The van der Waals surface area contributed by atoms with Crippen LogP contribution in [0.2, 0.25) is 0 Å². The summed E-state index contributed by atoms with van der Waals surface area (Å²) in [5.74, 6) is -0.354. The van der Waals surface area contributed by atoms with E-state index in [9.17, 15) is 23.2 Å². The van der Waals surface area contributed by atoms with Gasteiger partial charge in [-0.05, 0) is 19.4 Å². The largest absolute Gasteiger partial charge is 0.390 e. The SMILES string of the molecule is C=C(C(=O)Nc1cc(C(C)(C)CC(F)(F)F)on1)c1ccc(-c2nn(C(C)C)c(N)c2C#N)cc1. The van der Waals surface area contributed by atoms with Crippen molar-refractivity contribution in [2.75, 3.05) is 11.1 Å². The summed E-state index contributed by atoms with van der Waals surface area (Å²) in [6.45, 7) is 10.3. The van der Waals surface area contributed by atoms with Gasteiger partial charge in [-0.25, -0.2) is 4.68 Å². The number of benzene rings is 1. The lowest BCUT2D eigenvalue weighted by Gasteiger charge is -2.22. The van der Waals surface area contributed by atoms with Gasteiger partial charge in [-0.15, -0.1) is 0 Å². The Morgan fingerprint density at radius 3 is 2.46 bits per heavy atom. The van der Waals surface area contributed by atoms with Gasteiger partial charge in [-0.2, -0.15) is 23.5 Å². The van der Waals surface area contributed by atoms with Crippen molar-refractivity contribution in [3.8, 4) is 17.3 Å². The van der Waals surface area contributed by atoms with Gasteiger partial charge in [0.05, 0.1) is 6.42 Å². The number of nitrogen functional groups attached to an aromatic ring is 1. The third-order valence-corrected chi connectivity index (χ3v) is 5.39. The molecule has 2 aromatic heterocycles. The minimum atomic E-state index is -4.38. The van der Waals surface area contributed by atoms with Crippen LogP contribution < -0.4 is 11.1 Å². The Hall–Kier alpha value is -4.07. The summed E-state index contributed by atoms with van der Waals surface area (Å²) in [7, 11) is 0. The molecule has 0 atom stereocenters. The van der Waals surface area contributed by atoms with Gasteiger partial charge in [-0.3, -0.25) is 4.79 Å². The van der Waals surface area contributed by atoms with Gasteiger partial charge in [0.1, 0.15) is 28.9 Å². The maximum atomic E-state index is 12.8. The molecule has 0 bridgehead atoms. The van der Waals surface area contributed by atoms with Crippen LogP contribution in [0.3, 0.4) is 0 Å². The predicted molar refractivity (Wildman–Crippen MR) is 125 cm³/mol. The monoisotopic (exact) mass is 486 g/mol. The number of nitrogens with zero attached hydrogens (tertiary/aromatic N) is 4. The number of halogens is 3. The smallest absolute Gasteiger partial charge is 0.383 e. The minimum absolute atomic E-state index is 0.00602. The molecular weight excluding hydrogens is 461 g/mol. The second kappa shape index (κ2) is 9.29. The maximum Gasteiger partial charge on any atom is 0.390 e. The summed E-state index contributed by atoms with van der Waals surface area (Å²) in [5, 5.41) is 20.1. The van der Waals surface area contributed by atoms with Crippen molar-refractivity contribution in [3.05, 3.63) is 53.8 Å². The molecule has 8 nitrogen and oxygen atoms in total. The van der Waals surface area contributed by atoms with Crippen molar-refractivity contribution < 1.29 is 22.5 Å². The molecular formula is C24H25F3N6O2. The van der Waals surface area contributed by atoms with E-state index in [0.717, 1.165) is 0 Å². The van der Waals surface area contributed by atoms with Crippen molar-refractivity contribution in [1.29, 1.82) is 5.26 Å².